The molecular weight excluding hydrogens is 518 g/mol. The Bertz CT molecular complexity index is 521. The minimum atomic E-state index is -1.85. The first-order valence-electron chi connectivity index (χ1n) is 8.71. The second-order valence-corrected chi connectivity index (χ2v) is 35.9. The van der Waals surface area contributed by atoms with Crippen molar-refractivity contribution in [3.8, 4) is 0 Å². The maximum atomic E-state index is 2.62. The van der Waals surface area contributed by atoms with E-state index in [1.54, 1.807) is 11.1 Å². The largest absolute Gasteiger partial charge is 1.00 e. The molecule has 0 N–H and O–H groups in total. The van der Waals surface area contributed by atoms with Crippen molar-refractivity contribution in [2.75, 3.05) is 0 Å². The monoisotopic (exact) mass is 551 g/mol. The van der Waals surface area contributed by atoms with Gasteiger partial charge in [-0.3, -0.25) is 0 Å². The first-order chi connectivity index (χ1) is 10.0. The van der Waals surface area contributed by atoms with Crippen molar-refractivity contribution in [1.29, 1.82) is 0 Å². The summed E-state index contributed by atoms with van der Waals surface area (Å²) in [6, 6.07) is 0. The van der Waals surface area contributed by atoms with Gasteiger partial charge in [0.15, 0.2) is 0 Å². The summed E-state index contributed by atoms with van der Waals surface area (Å²) >= 11 is -1.85. The molecule has 0 heterocycles. The van der Waals surface area contributed by atoms with E-state index < -0.39 is 26.6 Å². The van der Waals surface area contributed by atoms with E-state index in [0.717, 1.165) is 0 Å². The van der Waals surface area contributed by atoms with Crippen LogP contribution < -0.4 is 24.8 Å². The molecule has 2 rings (SSSR count). The molecular formula is C20H33Cl2HfSi. The molecule has 0 saturated heterocycles. The van der Waals surface area contributed by atoms with Crippen LogP contribution in [0.1, 0.15) is 54.4 Å². The minimum absolute atomic E-state index is 0. The van der Waals surface area contributed by atoms with E-state index in [1.807, 2.05) is 6.66 Å². The minimum Gasteiger partial charge on any atom is -1.00 e. The van der Waals surface area contributed by atoms with Crippen LogP contribution in [0.2, 0.25) is 13.1 Å². The summed E-state index contributed by atoms with van der Waals surface area (Å²) in [5.74, 6) is -0.595. The van der Waals surface area contributed by atoms with E-state index in [1.165, 1.54) is 12.8 Å². The zero-order valence-electron chi connectivity index (χ0n) is 16.6. The van der Waals surface area contributed by atoms with Crippen molar-refractivity contribution in [3.63, 3.8) is 0 Å². The summed E-state index contributed by atoms with van der Waals surface area (Å²) in [7, 11) is 0. The van der Waals surface area contributed by atoms with Gasteiger partial charge in [-0.25, -0.2) is 0 Å². The third-order valence-electron chi connectivity index (χ3n) is 4.71. The standard InChI is InChI=1S/2C9H13.C2H7Si.2ClH.Hf/c2*1-9(2,3)8-6-4-5-7-8;1-3-2;;;/h2*4,6H,5H2,1-3H3;3H,1-2H3;2*1H;/q;;;;;+2/p-2. The van der Waals surface area contributed by atoms with E-state index in [-0.39, 0.29) is 24.8 Å². The molecule has 4 heteroatoms. The van der Waals surface area contributed by atoms with Gasteiger partial charge in [0, 0.05) is 0 Å². The second kappa shape index (κ2) is 9.02. The molecule has 0 atom stereocenters. The molecule has 0 saturated carbocycles. The Balaban J connectivity index is 0.00000264. The molecule has 0 aromatic carbocycles. The molecule has 135 valence electrons. The average Bonchev–Trinajstić information content (AvgIpc) is 2.95. The topological polar surface area (TPSA) is 0 Å². The number of allylic oxidation sites excluding steroid dienone is 8. The van der Waals surface area contributed by atoms with Crippen LogP contribution >= 0.6 is 0 Å². The number of halogens is 2. The smallest absolute Gasteiger partial charge is 1.00 e. The zero-order chi connectivity index (χ0) is 16.7. The van der Waals surface area contributed by atoms with E-state index in [2.05, 4.69) is 78.9 Å². The van der Waals surface area contributed by atoms with Gasteiger partial charge in [-0.15, -0.1) is 0 Å². The predicted molar refractivity (Wildman–Crippen MR) is 99.4 cm³/mol. The zero-order valence-corrected chi connectivity index (χ0v) is 22.8. The average molecular weight is 551 g/mol. The summed E-state index contributed by atoms with van der Waals surface area (Å²) in [4.78, 5) is 0. The number of hydrogen-bond donors (Lipinski definition) is 0. The van der Waals surface area contributed by atoms with Crippen LogP contribution in [0.4, 0.5) is 0 Å². The van der Waals surface area contributed by atoms with Gasteiger partial charge in [0.05, 0.1) is 0 Å². The van der Waals surface area contributed by atoms with Crippen molar-refractivity contribution in [2.45, 2.75) is 67.5 Å². The van der Waals surface area contributed by atoms with Crippen LogP contribution in [0.15, 0.2) is 42.1 Å². The maximum absolute atomic E-state index is 2.62. The van der Waals surface area contributed by atoms with E-state index >= 15 is 0 Å². The molecule has 0 aliphatic heterocycles. The molecule has 0 bridgehead atoms. The molecule has 0 unspecified atom stereocenters. The van der Waals surface area contributed by atoms with Gasteiger partial charge in [0.25, 0.3) is 0 Å². The van der Waals surface area contributed by atoms with Gasteiger partial charge in [-0.2, -0.15) is 0 Å². The fraction of sp³-hybridized carbons (Fsp3) is 0.600. The Morgan fingerprint density at radius 1 is 0.750 bits per heavy atom. The summed E-state index contributed by atoms with van der Waals surface area (Å²) in [5, 5.41) is 0. The first-order valence-corrected chi connectivity index (χ1v) is 21.4. The van der Waals surface area contributed by atoms with Gasteiger partial charge in [-0.05, 0) is 0 Å². The van der Waals surface area contributed by atoms with Crippen molar-refractivity contribution in [1.82, 2.24) is 0 Å². The van der Waals surface area contributed by atoms with E-state index in [4.69, 9.17) is 0 Å². The van der Waals surface area contributed by atoms with Crippen LogP contribution in [0.3, 0.4) is 0 Å². The van der Waals surface area contributed by atoms with Crippen molar-refractivity contribution in [2.24, 2.45) is 10.8 Å². The number of rotatable bonds is 3. The molecule has 0 fully saturated rings. The third-order valence-corrected chi connectivity index (χ3v) is 32.1. The quantitative estimate of drug-likeness (QED) is 0.438. The van der Waals surface area contributed by atoms with Crippen molar-refractivity contribution < 1.29 is 45.4 Å². The molecule has 2 aliphatic rings. The van der Waals surface area contributed by atoms with Crippen LogP contribution in [0.25, 0.3) is 0 Å². The molecule has 0 nitrogen and oxygen atoms in total. The summed E-state index contributed by atoms with van der Waals surface area (Å²) < 4.78 is 3.89. The van der Waals surface area contributed by atoms with E-state index in [9.17, 15) is 0 Å². The number of hydrogen-bond acceptors (Lipinski definition) is 0. The molecule has 0 aromatic heterocycles. The summed E-state index contributed by atoms with van der Waals surface area (Å²) in [5.41, 5.74) is 4.03. The summed E-state index contributed by atoms with van der Waals surface area (Å²) in [6.07, 6.45) is 12.3. The summed E-state index contributed by atoms with van der Waals surface area (Å²) in [6.45, 7) is 19.6. The fourth-order valence-electron chi connectivity index (χ4n) is 3.80. The Hall–Kier alpha value is 0.627. The molecule has 0 aromatic rings. The molecule has 0 amide bonds. The van der Waals surface area contributed by atoms with Gasteiger partial charge in [0.1, 0.15) is 0 Å². The Morgan fingerprint density at radius 2 is 1.08 bits per heavy atom. The van der Waals surface area contributed by atoms with Crippen LogP contribution in [0.5, 0.6) is 0 Å². The maximum Gasteiger partial charge on any atom is -1.00 e. The SMILES string of the molecule is C[SiH](C)[Hf+2]([C]1=C(C(C)(C)C)C=CC1)[C]1=C(C(C)(C)C)C=CC1.[Cl-].[Cl-]. The Labute approximate surface area is 170 Å². The van der Waals surface area contributed by atoms with Gasteiger partial charge >= 0.3 is 147 Å². The van der Waals surface area contributed by atoms with Gasteiger partial charge in [-0.1, -0.05) is 0 Å². The second-order valence-electron chi connectivity index (χ2n) is 9.07. The Kier molecular flexibility index (Phi) is 9.25. The molecule has 24 heavy (non-hydrogen) atoms. The van der Waals surface area contributed by atoms with Crippen molar-refractivity contribution in [3.05, 3.63) is 42.1 Å². The molecule has 2 aliphatic carbocycles. The van der Waals surface area contributed by atoms with Crippen LogP contribution in [-0.4, -0.2) is 5.98 Å². The Morgan fingerprint density at radius 3 is 1.33 bits per heavy atom. The van der Waals surface area contributed by atoms with Gasteiger partial charge in [0.2, 0.25) is 0 Å². The first kappa shape index (κ1) is 24.6. The predicted octanol–water partition coefficient (Wildman–Crippen LogP) is 0.116. The third kappa shape index (κ3) is 5.31. The van der Waals surface area contributed by atoms with Crippen molar-refractivity contribution >= 4 is 5.98 Å². The fourth-order valence-corrected chi connectivity index (χ4v) is 33.8. The van der Waals surface area contributed by atoms with Crippen LogP contribution in [0, 0.1) is 10.8 Å². The van der Waals surface area contributed by atoms with Crippen LogP contribution in [-0.2, 0) is 20.6 Å². The molecule has 0 spiro atoms. The van der Waals surface area contributed by atoms with Gasteiger partial charge < -0.3 is 24.8 Å². The molecule has 0 radical (unpaired) electrons. The van der Waals surface area contributed by atoms with E-state index in [0.29, 0.717) is 10.8 Å². The normalized spacial score (nSPS) is 17.5.